The number of anilines is 1. The molecule has 0 bridgehead atoms. The summed E-state index contributed by atoms with van der Waals surface area (Å²) in [6, 6.07) is 7.03. The van der Waals surface area contributed by atoms with Crippen molar-refractivity contribution in [1.29, 1.82) is 0 Å². The molecule has 34 heavy (non-hydrogen) atoms. The second-order valence-electron chi connectivity index (χ2n) is 7.66. The number of halogens is 1. The van der Waals surface area contributed by atoms with Crippen LogP contribution in [0.5, 0.6) is 5.75 Å². The highest BCUT2D eigenvalue weighted by Gasteiger charge is 2.21. The van der Waals surface area contributed by atoms with Crippen molar-refractivity contribution in [3.05, 3.63) is 52.4 Å². The van der Waals surface area contributed by atoms with E-state index in [1.165, 1.54) is 24.6 Å². The third-order valence-electron chi connectivity index (χ3n) is 5.11. The lowest BCUT2D eigenvalue weighted by Gasteiger charge is -2.14. The van der Waals surface area contributed by atoms with E-state index in [0.717, 1.165) is 18.4 Å². The molecule has 1 aliphatic carbocycles. The van der Waals surface area contributed by atoms with Crippen LogP contribution in [0.3, 0.4) is 0 Å². The zero-order chi connectivity index (χ0) is 23.7. The number of methoxy groups -OCH3 is 1. The number of amides is 1. The van der Waals surface area contributed by atoms with Crippen molar-refractivity contribution in [3.8, 4) is 40.0 Å². The van der Waals surface area contributed by atoms with Crippen LogP contribution in [0.15, 0.2) is 36.7 Å². The average Bonchev–Trinajstić information content (AvgIpc) is 3.40. The maximum absolute atomic E-state index is 13.3. The van der Waals surface area contributed by atoms with Crippen LogP contribution in [0, 0.1) is 17.8 Å². The summed E-state index contributed by atoms with van der Waals surface area (Å²) in [5.41, 5.74) is 3.06. The minimum Gasteiger partial charge on any atom is -0.494 e. The van der Waals surface area contributed by atoms with Gasteiger partial charge in [-0.15, -0.1) is 15.3 Å². The van der Waals surface area contributed by atoms with Crippen molar-refractivity contribution in [3.63, 3.8) is 0 Å². The van der Waals surface area contributed by atoms with Gasteiger partial charge in [-0.1, -0.05) is 40.1 Å². The number of benzene rings is 1. The molecule has 3 aromatic heterocycles. The molecule has 11 heteroatoms. The highest BCUT2D eigenvalue weighted by molar-refractivity contribution is 7.15. The molecule has 1 aromatic carbocycles. The molecular weight excluding hydrogens is 474 g/mol. The van der Waals surface area contributed by atoms with Crippen LogP contribution >= 0.6 is 22.9 Å². The summed E-state index contributed by atoms with van der Waals surface area (Å²) in [6.45, 7) is 0. The van der Waals surface area contributed by atoms with E-state index in [0.29, 0.717) is 44.2 Å². The number of rotatable bonds is 5. The first kappa shape index (κ1) is 22.0. The Hall–Kier alpha value is -3.81. The molecule has 1 fully saturated rings. The Morgan fingerprint density at radius 2 is 2.09 bits per heavy atom. The summed E-state index contributed by atoms with van der Waals surface area (Å²) < 4.78 is 7.10. The van der Waals surface area contributed by atoms with Gasteiger partial charge < -0.3 is 4.74 Å². The minimum absolute atomic E-state index is 0.273. The van der Waals surface area contributed by atoms with Crippen LogP contribution in [0.4, 0.5) is 5.13 Å². The van der Waals surface area contributed by atoms with Gasteiger partial charge >= 0.3 is 0 Å². The second kappa shape index (κ2) is 9.21. The van der Waals surface area contributed by atoms with Gasteiger partial charge in [-0.3, -0.25) is 14.8 Å². The number of carbonyl (C=O) groups is 1. The number of aromatic nitrogens is 6. The van der Waals surface area contributed by atoms with Crippen molar-refractivity contribution in [1.82, 2.24) is 30.2 Å². The van der Waals surface area contributed by atoms with Crippen LogP contribution in [-0.4, -0.2) is 43.2 Å². The second-order valence-corrected chi connectivity index (χ2v) is 9.02. The molecule has 9 nitrogen and oxygen atoms in total. The molecule has 1 saturated carbocycles. The van der Waals surface area contributed by atoms with Crippen LogP contribution in [0.1, 0.15) is 28.2 Å². The summed E-state index contributed by atoms with van der Waals surface area (Å²) in [7, 11) is 3.32. The van der Waals surface area contributed by atoms with Crippen molar-refractivity contribution in [2.75, 3.05) is 12.4 Å². The van der Waals surface area contributed by atoms with Crippen molar-refractivity contribution in [2.45, 2.75) is 12.8 Å². The lowest BCUT2D eigenvalue weighted by molar-refractivity contribution is 0.102. The molecule has 4 aromatic rings. The number of pyridine rings is 1. The maximum Gasteiger partial charge on any atom is 0.258 e. The van der Waals surface area contributed by atoms with E-state index in [1.807, 2.05) is 12.1 Å². The summed E-state index contributed by atoms with van der Waals surface area (Å²) in [5.74, 6) is 6.74. The Morgan fingerprint density at radius 3 is 2.82 bits per heavy atom. The van der Waals surface area contributed by atoms with Gasteiger partial charge in [-0.05, 0) is 42.5 Å². The zero-order valence-electron chi connectivity index (χ0n) is 18.2. The molecule has 3 heterocycles. The number of hydrogen-bond acceptors (Lipinski definition) is 8. The maximum atomic E-state index is 13.3. The molecular formula is C23H18ClN7O2S. The summed E-state index contributed by atoms with van der Waals surface area (Å²) in [4.78, 5) is 17.4. The normalized spacial score (nSPS) is 12.7. The van der Waals surface area contributed by atoms with Gasteiger partial charge in [-0.2, -0.15) is 0 Å². The first-order valence-corrected chi connectivity index (χ1v) is 11.6. The number of aryl methyl sites for hydroxylation is 1. The van der Waals surface area contributed by atoms with E-state index in [4.69, 9.17) is 16.3 Å². The Balaban J connectivity index is 1.53. The van der Waals surface area contributed by atoms with Gasteiger partial charge in [0.2, 0.25) is 5.13 Å². The molecule has 0 saturated heterocycles. The number of nitrogens with zero attached hydrogens (tertiary/aromatic N) is 6. The molecule has 0 aliphatic heterocycles. The SMILES string of the molecule is COc1cnc(Cl)cc1-c1cc(-c2cn(C)nn2)ccc1C(=O)Nc1nnc(C#CC2CC2)s1. The van der Waals surface area contributed by atoms with Crippen LogP contribution in [0.25, 0.3) is 22.4 Å². The van der Waals surface area contributed by atoms with E-state index >= 15 is 0 Å². The fourth-order valence-electron chi connectivity index (χ4n) is 3.27. The highest BCUT2D eigenvalue weighted by atomic mass is 35.5. The van der Waals surface area contributed by atoms with E-state index < -0.39 is 0 Å². The van der Waals surface area contributed by atoms with E-state index in [2.05, 4.69) is 42.7 Å². The third kappa shape index (κ3) is 4.76. The van der Waals surface area contributed by atoms with Crippen LogP contribution in [0.2, 0.25) is 5.15 Å². The number of carbonyl (C=O) groups excluding carboxylic acids is 1. The molecule has 5 rings (SSSR count). The standard InChI is InChI=1S/C23H18ClN7O2S/c1-31-12-18(27-30-31)14-6-7-15(16(9-14)17-10-20(24)25-11-19(17)33-2)22(32)26-23-29-28-21(34-23)8-5-13-3-4-13/h6-7,9-13H,3-4H2,1-2H3,(H,26,29,32). The largest absolute Gasteiger partial charge is 0.494 e. The summed E-state index contributed by atoms with van der Waals surface area (Å²) >= 11 is 7.42. The third-order valence-corrected chi connectivity index (χ3v) is 6.07. The van der Waals surface area contributed by atoms with Gasteiger partial charge in [0, 0.05) is 29.7 Å². The summed E-state index contributed by atoms with van der Waals surface area (Å²) in [5, 5.41) is 20.3. The molecule has 0 atom stereocenters. The van der Waals surface area contributed by atoms with Crippen LogP contribution in [-0.2, 0) is 7.05 Å². The predicted octanol–water partition coefficient (Wildman–Crippen LogP) is 4.07. The molecule has 1 aliphatic rings. The lowest BCUT2D eigenvalue weighted by Crippen LogP contribution is -2.13. The fourth-order valence-corrected chi connectivity index (χ4v) is 4.03. The molecule has 0 unspecified atom stereocenters. The number of nitrogens with one attached hydrogen (secondary N) is 1. The average molecular weight is 492 g/mol. The van der Waals surface area contributed by atoms with E-state index in [9.17, 15) is 4.79 Å². The minimum atomic E-state index is -0.353. The zero-order valence-corrected chi connectivity index (χ0v) is 19.8. The predicted molar refractivity (Wildman–Crippen MR) is 129 cm³/mol. The van der Waals surface area contributed by atoms with Gasteiger partial charge in [0.1, 0.15) is 16.6 Å². The lowest BCUT2D eigenvalue weighted by atomic mass is 9.96. The van der Waals surface area contributed by atoms with Crippen molar-refractivity contribution >= 4 is 34.0 Å². The van der Waals surface area contributed by atoms with Crippen molar-refractivity contribution in [2.24, 2.45) is 13.0 Å². The Morgan fingerprint density at radius 1 is 1.24 bits per heavy atom. The fraction of sp³-hybridized carbons (Fsp3) is 0.217. The number of ether oxygens (including phenoxy) is 1. The first-order chi connectivity index (χ1) is 16.5. The van der Waals surface area contributed by atoms with Gasteiger partial charge in [0.15, 0.2) is 5.01 Å². The Bertz CT molecular complexity index is 1450. The van der Waals surface area contributed by atoms with E-state index in [1.54, 1.807) is 30.1 Å². The van der Waals surface area contributed by atoms with Crippen LogP contribution < -0.4 is 10.1 Å². The monoisotopic (exact) mass is 491 g/mol. The summed E-state index contributed by atoms with van der Waals surface area (Å²) in [6.07, 6.45) is 5.57. The van der Waals surface area contributed by atoms with Gasteiger partial charge in [-0.25, -0.2) is 4.98 Å². The Kier molecular flexibility index (Phi) is 5.96. The molecule has 1 N–H and O–H groups in total. The first-order valence-electron chi connectivity index (χ1n) is 10.4. The molecule has 170 valence electrons. The van der Waals surface area contributed by atoms with Crippen molar-refractivity contribution < 1.29 is 9.53 Å². The topological polar surface area (TPSA) is 108 Å². The molecule has 0 spiro atoms. The quantitative estimate of drug-likeness (QED) is 0.331. The number of hydrogen-bond donors (Lipinski definition) is 1. The molecule has 1 amide bonds. The van der Waals surface area contributed by atoms with E-state index in [-0.39, 0.29) is 11.1 Å². The smallest absolute Gasteiger partial charge is 0.258 e. The van der Waals surface area contributed by atoms with Gasteiger partial charge in [0.05, 0.1) is 19.5 Å². The molecule has 0 radical (unpaired) electrons. The Labute approximate surface area is 204 Å². The van der Waals surface area contributed by atoms with Gasteiger partial charge in [0.25, 0.3) is 5.91 Å². The highest BCUT2D eigenvalue weighted by Crippen LogP contribution is 2.36.